The van der Waals surface area contributed by atoms with Gasteiger partial charge in [-0.3, -0.25) is 0 Å². The molecule has 21 heavy (non-hydrogen) atoms. The van der Waals surface area contributed by atoms with E-state index in [1.54, 1.807) is 37.3 Å². The van der Waals surface area contributed by atoms with E-state index in [1.165, 1.54) is 12.8 Å². The predicted molar refractivity (Wildman–Crippen MR) is 83.2 cm³/mol. The number of amides is 2. The number of anilines is 1. The van der Waals surface area contributed by atoms with Crippen LogP contribution in [0.25, 0.3) is 0 Å². The Bertz CT molecular complexity index is 492. The minimum atomic E-state index is -0.211. The van der Waals surface area contributed by atoms with Gasteiger partial charge in [-0.25, -0.2) is 4.79 Å². The Morgan fingerprint density at radius 2 is 2.24 bits per heavy atom. The van der Waals surface area contributed by atoms with Crippen molar-refractivity contribution in [2.75, 3.05) is 39.2 Å². The molecular weight excluding hydrogens is 292 g/mol. The molecular formula is C15H21ClN2O3. The highest BCUT2D eigenvalue weighted by Crippen LogP contribution is 2.28. The average Bonchev–Trinajstić information content (AvgIpc) is 3.29. The Kier molecular flexibility index (Phi) is 5.70. The maximum absolute atomic E-state index is 12.0. The molecule has 2 amide bonds. The Balaban J connectivity index is 1.76. The van der Waals surface area contributed by atoms with Gasteiger partial charge in [0.25, 0.3) is 0 Å². The molecule has 1 aromatic carbocycles. The fraction of sp³-hybridized carbons (Fsp3) is 0.533. The second kappa shape index (κ2) is 7.52. The summed E-state index contributed by atoms with van der Waals surface area (Å²) in [6, 6.07) is 4.92. The van der Waals surface area contributed by atoms with Crippen molar-refractivity contribution in [2.45, 2.75) is 12.8 Å². The Hall–Kier alpha value is -1.46. The summed E-state index contributed by atoms with van der Waals surface area (Å²) in [7, 11) is 3.30. The second-order valence-corrected chi connectivity index (χ2v) is 5.62. The van der Waals surface area contributed by atoms with Gasteiger partial charge in [0, 0.05) is 26.3 Å². The van der Waals surface area contributed by atoms with Gasteiger partial charge < -0.3 is 19.7 Å². The van der Waals surface area contributed by atoms with Crippen LogP contribution in [0.15, 0.2) is 18.2 Å². The molecule has 0 atom stereocenters. The number of nitrogens with zero attached hydrogens (tertiary/aromatic N) is 1. The van der Waals surface area contributed by atoms with E-state index in [0.29, 0.717) is 29.6 Å². The SMILES string of the molecule is COc1ccc(NC(=O)N(C)CCOCC2CC2)c(Cl)c1. The fourth-order valence-electron chi connectivity index (χ4n) is 1.77. The van der Waals surface area contributed by atoms with Crippen LogP contribution in [-0.2, 0) is 4.74 Å². The lowest BCUT2D eigenvalue weighted by Gasteiger charge is -2.18. The van der Waals surface area contributed by atoms with Crippen LogP contribution < -0.4 is 10.1 Å². The maximum atomic E-state index is 12.0. The molecule has 6 heteroatoms. The van der Waals surface area contributed by atoms with Crippen molar-refractivity contribution in [3.05, 3.63) is 23.2 Å². The van der Waals surface area contributed by atoms with Crippen LogP contribution in [0.2, 0.25) is 5.02 Å². The second-order valence-electron chi connectivity index (χ2n) is 5.22. The van der Waals surface area contributed by atoms with Crippen LogP contribution in [0.4, 0.5) is 10.5 Å². The van der Waals surface area contributed by atoms with Gasteiger partial charge in [-0.1, -0.05) is 11.6 Å². The largest absolute Gasteiger partial charge is 0.497 e. The predicted octanol–water partition coefficient (Wildman–Crippen LogP) is 3.24. The number of urea groups is 1. The molecule has 0 aliphatic heterocycles. The lowest BCUT2D eigenvalue weighted by atomic mass is 10.3. The number of ether oxygens (including phenoxy) is 2. The van der Waals surface area contributed by atoms with Gasteiger partial charge in [0.15, 0.2) is 0 Å². The highest BCUT2D eigenvalue weighted by Gasteiger charge is 2.21. The molecule has 0 aromatic heterocycles. The molecule has 0 heterocycles. The van der Waals surface area contributed by atoms with Crippen molar-refractivity contribution in [3.8, 4) is 5.75 Å². The van der Waals surface area contributed by atoms with E-state index in [9.17, 15) is 4.79 Å². The Labute approximate surface area is 130 Å². The number of rotatable bonds is 7. The van der Waals surface area contributed by atoms with Crippen molar-refractivity contribution < 1.29 is 14.3 Å². The average molecular weight is 313 g/mol. The molecule has 1 fully saturated rings. The van der Waals surface area contributed by atoms with Crippen LogP contribution in [0.5, 0.6) is 5.75 Å². The van der Waals surface area contributed by atoms with Gasteiger partial charge in [0.2, 0.25) is 0 Å². The summed E-state index contributed by atoms with van der Waals surface area (Å²) in [5.74, 6) is 1.39. The van der Waals surface area contributed by atoms with Crippen LogP contribution in [0, 0.1) is 5.92 Å². The molecule has 0 radical (unpaired) electrons. The molecule has 0 spiro atoms. The van der Waals surface area contributed by atoms with Gasteiger partial charge in [-0.2, -0.15) is 0 Å². The van der Waals surface area contributed by atoms with Crippen LogP contribution in [0.3, 0.4) is 0 Å². The number of nitrogens with one attached hydrogen (secondary N) is 1. The summed E-state index contributed by atoms with van der Waals surface area (Å²) in [5.41, 5.74) is 0.563. The van der Waals surface area contributed by atoms with Crippen LogP contribution in [-0.4, -0.2) is 44.8 Å². The first kappa shape index (κ1) is 15.9. The number of carbonyl (C=O) groups is 1. The zero-order valence-corrected chi connectivity index (χ0v) is 13.2. The maximum Gasteiger partial charge on any atom is 0.321 e. The molecule has 1 aliphatic carbocycles. The first-order chi connectivity index (χ1) is 10.1. The summed E-state index contributed by atoms with van der Waals surface area (Å²) in [5, 5.41) is 3.21. The van der Waals surface area contributed by atoms with E-state index in [-0.39, 0.29) is 6.03 Å². The van der Waals surface area contributed by atoms with Gasteiger partial charge in [-0.05, 0) is 30.9 Å². The van der Waals surface area contributed by atoms with E-state index < -0.39 is 0 Å². The minimum Gasteiger partial charge on any atom is -0.497 e. The summed E-state index contributed by atoms with van der Waals surface area (Å²) in [4.78, 5) is 13.6. The lowest BCUT2D eigenvalue weighted by Crippen LogP contribution is -2.34. The van der Waals surface area contributed by atoms with Crippen molar-refractivity contribution in [1.29, 1.82) is 0 Å². The number of hydrogen-bond acceptors (Lipinski definition) is 3. The monoisotopic (exact) mass is 312 g/mol. The third-order valence-corrected chi connectivity index (χ3v) is 3.70. The molecule has 2 rings (SSSR count). The first-order valence-electron chi connectivity index (χ1n) is 7.03. The van der Waals surface area contributed by atoms with E-state index in [1.807, 2.05) is 0 Å². The van der Waals surface area contributed by atoms with Crippen LogP contribution >= 0.6 is 11.6 Å². The summed E-state index contributed by atoms with van der Waals surface area (Å²) in [6.07, 6.45) is 2.54. The molecule has 1 N–H and O–H groups in total. The highest BCUT2D eigenvalue weighted by molar-refractivity contribution is 6.33. The van der Waals surface area contributed by atoms with Gasteiger partial charge in [0.1, 0.15) is 5.75 Å². The van der Waals surface area contributed by atoms with Crippen molar-refractivity contribution >= 4 is 23.3 Å². The van der Waals surface area contributed by atoms with Crippen molar-refractivity contribution in [1.82, 2.24) is 4.90 Å². The topological polar surface area (TPSA) is 50.8 Å². The number of likely N-dealkylation sites (N-methyl/N-ethyl adjacent to an activating group) is 1. The van der Waals surface area contributed by atoms with E-state index >= 15 is 0 Å². The van der Waals surface area contributed by atoms with Crippen LogP contribution in [0.1, 0.15) is 12.8 Å². The molecule has 1 saturated carbocycles. The quantitative estimate of drug-likeness (QED) is 0.786. The third-order valence-electron chi connectivity index (χ3n) is 3.39. The number of methoxy groups -OCH3 is 1. The van der Waals surface area contributed by atoms with Gasteiger partial charge >= 0.3 is 6.03 Å². The Morgan fingerprint density at radius 1 is 1.48 bits per heavy atom. The standard InChI is InChI=1S/C15H21ClN2O3/c1-18(7-8-21-10-11-3-4-11)15(19)17-14-6-5-12(20-2)9-13(14)16/h5-6,9,11H,3-4,7-8,10H2,1-2H3,(H,17,19). The number of halogens is 1. The van der Waals surface area contributed by atoms with Crippen molar-refractivity contribution in [3.63, 3.8) is 0 Å². The Morgan fingerprint density at radius 3 is 2.86 bits per heavy atom. The normalized spacial score (nSPS) is 13.9. The summed E-state index contributed by atoms with van der Waals surface area (Å²) < 4.78 is 10.6. The highest BCUT2D eigenvalue weighted by atomic mass is 35.5. The minimum absolute atomic E-state index is 0.211. The van der Waals surface area contributed by atoms with Crippen molar-refractivity contribution in [2.24, 2.45) is 5.92 Å². The van der Waals surface area contributed by atoms with Gasteiger partial charge in [0.05, 0.1) is 24.4 Å². The zero-order chi connectivity index (χ0) is 15.2. The first-order valence-corrected chi connectivity index (χ1v) is 7.41. The molecule has 0 saturated heterocycles. The molecule has 5 nitrogen and oxygen atoms in total. The summed E-state index contributed by atoms with van der Waals surface area (Å²) >= 11 is 6.09. The molecule has 116 valence electrons. The number of hydrogen-bond donors (Lipinski definition) is 1. The number of benzene rings is 1. The molecule has 0 unspecified atom stereocenters. The lowest BCUT2D eigenvalue weighted by molar-refractivity contribution is 0.109. The van der Waals surface area contributed by atoms with E-state index in [4.69, 9.17) is 21.1 Å². The summed E-state index contributed by atoms with van der Waals surface area (Å²) in [6.45, 7) is 1.91. The smallest absolute Gasteiger partial charge is 0.321 e. The fourth-order valence-corrected chi connectivity index (χ4v) is 1.99. The van der Waals surface area contributed by atoms with Gasteiger partial charge in [-0.15, -0.1) is 0 Å². The molecule has 1 aromatic rings. The third kappa shape index (κ3) is 5.10. The molecule has 1 aliphatic rings. The van der Waals surface area contributed by atoms with E-state index in [2.05, 4.69) is 5.32 Å². The number of carbonyl (C=O) groups excluding carboxylic acids is 1. The zero-order valence-electron chi connectivity index (χ0n) is 12.4. The van der Waals surface area contributed by atoms with E-state index in [0.717, 1.165) is 12.5 Å². The molecule has 0 bridgehead atoms.